The van der Waals surface area contributed by atoms with Gasteiger partial charge in [-0.05, 0) is 5.09 Å². The van der Waals surface area contributed by atoms with Crippen molar-refractivity contribution in [1.82, 2.24) is 5.09 Å². The van der Waals surface area contributed by atoms with Gasteiger partial charge in [-0.15, -0.1) is 0 Å². The second-order valence-corrected chi connectivity index (χ2v) is 2.90. The molecule has 1 unspecified atom stereocenters. The van der Waals surface area contributed by atoms with Gasteiger partial charge in [0.1, 0.15) is 0 Å². The lowest BCUT2D eigenvalue weighted by molar-refractivity contribution is -0.397. The van der Waals surface area contributed by atoms with Crippen LogP contribution in [-0.2, 0) is 4.57 Å². The maximum atomic E-state index is 12.2. The first-order valence-electron chi connectivity index (χ1n) is 3.15. The molecule has 2 nitrogen and oxygen atoms in total. The minimum absolute atomic E-state index is 0.0492. The summed E-state index contributed by atoms with van der Waals surface area (Å²) in [5, 5.41) is 0.0492. The molecule has 0 aliphatic heterocycles. The van der Waals surface area contributed by atoms with Gasteiger partial charge in [-0.1, -0.05) is 4.57 Å². The summed E-state index contributed by atoms with van der Waals surface area (Å²) in [4.78, 5) is 0. The second kappa shape index (κ2) is 4.02. The van der Waals surface area contributed by atoms with E-state index in [0.717, 1.165) is 0 Å². The SMILES string of the molecule is O=[PH+]NC(F)(F)C(F)(F)C(F)(F)C(F)(F)F. The number of hydrogen-bond donors (Lipinski definition) is 1. The fraction of sp³-hybridized carbons (Fsp3) is 1.00. The van der Waals surface area contributed by atoms with Crippen LogP contribution in [0.25, 0.3) is 0 Å². The van der Waals surface area contributed by atoms with Gasteiger partial charge in [-0.3, -0.25) is 0 Å². The minimum atomic E-state index is -6.96. The topological polar surface area (TPSA) is 29.1 Å². The van der Waals surface area contributed by atoms with Gasteiger partial charge in [-0.25, -0.2) is 0 Å². The predicted molar refractivity (Wildman–Crippen MR) is 33.0 cm³/mol. The van der Waals surface area contributed by atoms with E-state index in [1.54, 1.807) is 0 Å². The minimum Gasteiger partial charge on any atom is -0.190 e. The zero-order chi connectivity index (χ0) is 13.4. The largest absolute Gasteiger partial charge is 0.460 e. The highest BCUT2D eigenvalue weighted by molar-refractivity contribution is 7.21. The third-order valence-corrected chi connectivity index (χ3v) is 1.77. The van der Waals surface area contributed by atoms with E-state index in [-0.39, 0.29) is 5.09 Å². The van der Waals surface area contributed by atoms with Crippen LogP contribution in [0.15, 0.2) is 0 Å². The maximum Gasteiger partial charge on any atom is 0.460 e. The van der Waals surface area contributed by atoms with Crippen molar-refractivity contribution in [2.45, 2.75) is 24.1 Å². The maximum absolute atomic E-state index is 12.2. The van der Waals surface area contributed by atoms with Crippen LogP contribution in [0.4, 0.5) is 39.5 Å². The Morgan fingerprint density at radius 2 is 1.12 bits per heavy atom. The van der Waals surface area contributed by atoms with Crippen LogP contribution >= 0.6 is 8.61 Å². The molecule has 0 radical (unpaired) electrons. The van der Waals surface area contributed by atoms with Crippen molar-refractivity contribution in [3.8, 4) is 0 Å². The molecule has 0 aliphatic carbocycles. The van der Waals surface area contributed by atoms with Gasteiger partial charge < -0.3 is 0 Å². The molecular formula is C4H2F9NOP+. The first-order chi connectivity index (χ1) is 6.81. The molecule has 0 aromatic carbocycles. The molecule has 0 heterocycles. The lowest BCUT2D eigenvalue weighted by atomic mass is 10.1. The molecule has 0 bridgehead atoms. The summed E-state index contributed by atoms with van der Waals surface area (Å²) in [6.07, 6.45) is -6.87. The molecule has 1 N–H and O–H groups in total. The molecule has 0 saturated heterocycles. The van der Waals surface area contributed by atoms with Crippen molar-refractivity contribution in [2.75, 3.05) is 0 Å². The van der Waals surface area contributed by atoms with Gasteiger partial charge in [-0.2, -0.15) is 39.5 Å². The Hall–Kier alpha value is -0.570. The van der Waals surface area contributed by atoms with Crippen LogP contribution in [-0.4, -0.2) is 24.1 Å². The van der Waals surface area contributed by atoms with Crippen molar-refractivity contribution in [3.05, 3.63) is 0 Å². The van der Waals surface area contributed by atoms with Gasteiger partial charge in [0.15, 0.2) is 0 Å². The lowest BCUT2D eigenvalue weighted by Gasteiger charge is -2.31. The fourth-order valence-corrected chi connectivity index (χ4v) is 0.803. The average molecular weight is 282 g/mol. The molecule has 1 atom stereocenters. The first kappa shape index (κ1) is 15.4. The van der Waals surface area contributed by atoms with Gasteiger partial charge in [0.2, 0.25) is 0 Å². The first-order valence-corrected chi connectivity index (χ1v) is 4.06. The Kier molecular flexibility index (Phi) is 3.88. The van der Waals surface area contributed by atoms with E-state index >= 15 is 0 Å². The quantitative estimate of drug-likeness (QED) is 0.488. The molecule has 0 fully saturated rings. The Bertz CT molecular complexity index is 273. The average Bonchev–Trinajstić information content (AvgIpc) is 2.01. The molecule has 0 rings (SSSR count). The summed E-state index contributed by atoms with van der Waals surface area (Å²) in [6, 6.07) is -5.97. The van der Waals surface area contributed by atoms with Crippen LogP contribution in [0.5, 0.6) is 0 Å². The van der Waals surface area contributed by atoms with E-state index in [0.29, 0.717) is 0 Å². The number of rotatable bonds is 4. The number of hydrogen-bond acceptors (Lipinski definition) is 1. The van der Waals surface area contributed by atoms with E-state index in [9.17, 15) is 44.1 Å². The van der Waals surface area contributed by atoms with E-state index in [4.69, 9.17) is 0 Å². The van der Waals surface area contributed by atoms with Gasteiger partial charge >= 0.3 is 32.7 Å². The van der Waals surface area contributed by atoms with Gasteiger partial charge in [0.25, 0.3) is 0 Å². The standard InChI is InChI=1S/C4HF9NOP/c5-1(6,3(9,10)11)2(7,8)4(12,13)14-16-15/h(H,14,15)/p+1. The molecular weight excluding hydrogens is 280 g/mol. The molecule has 0 spiro atoms. The smallest absolute Gasteiger partial charge is 0.190 e. The fourth-order valence-electron chi connectivity index (χ4n) is 0.518. The van der Waals surface area contributed by atoms with Crippen molar-refractivity contribution >= 4 is 8.61 Å². The van der Waals surface area contributed by atoms with Crippen LogP contribution in [0, 0.1) is 0 Å². The highest BCUT2D eigenvalue weighted by atomic mass is 31.1. The van der Waals surface area contributed by atoms with Crippen molar-refractivity contribution in [3.63, 3.8) is 0 Å². The third kappa shape index (κ3) is 2.24. The highest BCUT2D eigenvalue weighted by Gasteiger charge is 2.82. The summed E-state index contributed by atoms with van der Waals surface area (Å²) in [5.74, 6) is -13.7. The Morgan fingerprint density at radius 1 is 0.750 bits per heavy atom. The molecule has 96 valence electrons. The van der Waals surface area contributed by atoms with Crippen LogP contribution in [0.3, 0.4) is 0 Å². The summed E-state index contributed by atoms with van der Waals surface area (Å²) >= 11 is 0. The Morgan fingerprint density at radius 3 is 1.38 bits per heavy atom. The van der Waals surface area contributed by atoms with Crippen molar-refractivity contribution < 1.29 is 44.1 Å². The molecule has 12 heteroatoms. The second-order valence-electron chi connectivity index (χ2n) is 2.45. The Balaban J connectivity index is 5.42. The lowest BCUT2D eigenvalue weighted by Crippen LogP contribution is -2.64. The van der Waals surface area contributed by atoms with Crippen LogP contribution < -0.4 is 5.09 Å². The van der Waals surface area contributed by atoms with Gasteiger partial charge in [0, 0.05) is 0 Å². The third-order valence-electron chi connectivity index (χ3n) is 1.35. The van der Waals surface area contributed by atoms with E-state index in [1.165, 1.54) is 0 Å². The van der Waals surface area contributed by atoms with Crippen LogP contribution in [0.2, 0.25) is 0 Å². The highest BCUT2D eigenvalue weighted by Crippen LogP contribution is 2.52. The molecule has 0 saturated carbocycles. The summed E-state index contributed by atoms with van der Waals surface area (Å²) in [7, 11) is -2.39. The van der Waals surface area contributed by atoms with Crippen LogP contribution in [0.1, 0.15) is 0 Å². The predicted octanol–water partition coefficient (Wildman–Crippen LogP) is 2.94. The number of nitrogens with one attached hydrogen (secondary N) is 1. The Labute approximate surface area is 83.0 Å². The number of halogens is 9. The molecule has 0 aromatic rings. The molecule has 16 heavy (non-hydrogen) atoms. The summed E-state index contributed by atoms with van der Waals surface area (Å²) < 4.78 is 117. The molecule has 0 amide bonds. The van der Waals surface area contributed by atoms with Gasteiger partial charge in [0.05, 0.1) is 0 Å². The zero-order valence-electron chi connectivity index (χ0n) is 6.81. The number of alkyl halides is 9. The summed E-state index contributed by atoms with van der Waals surface area (Å²) in [5.41, 5.74) is 0. The zero-order valence-corrected chi connectivity index (χ0v) is 7.81. The van der Waals surface area contributed by atoms with E-state index in [2.05, 4.69) is 0 Å². The van der Waals surface area contributed by atoms with Crippen molar-refractivity contribution in [1.29, 1.82) is 0 Å². The normalized spacial score (nSPS) is 15.6. The van der Waals surface area contributed by atoms with E-state index < -0.39 is 32.7 Å². The molecule has 0 aliphatic rings. The molecule has 0 aromatic heterocycles. The monoisotopic (exact) mass is 282 g/mol. The van der Waals surface area contributed by atoms with Crippen molar-refractivity contribution in [2.24, 2.45) is 0 Å². The summed E-state index contributed by atoms with van der Waals surface area (Å²) in [6.45, 7) is 0. The van der Waals surface area contributed by atoms with E-state index in [1.807, 2.05) is 0 Å².